The van der Waals surface area contributed by atoms with Crippen LogP contribution in [0.2, 0.25) is 0 Å². The number of rotatable bonds is 4. The second-order valence-corrected chi connectivity index (χ2v) is 7.39. The van der Waals surface area contributed by atoms with Crippen molar-refractivity contribution in [2.24, 2.45) is 5.92 Å². The van der Waals surface area contributed by atoms with Crippen LogP contribution in [0.3, 0.4) is 0 Å². The van der Waals surface area contributed by atoms with Crippen molar-refractivity contribution in [2.75, 3.05) is 34.2 Å². The fourth-order valence-corrected chi connectivity index (χ4v) is 4.10. The number of carboxylic acids is 1. The van der Waals surface area contributed by atoms with Crippen molar-refractivity contribution in [2.45, 2.75) is 31.3 Å². The summed E-state index contributed by atoms with van der Waals surface area (Å²) in [6.45, 7) is 1.92. The Balaban J connectivity index is 1.65. The highest BCUT2D eigenvalue weighted by molar-refractivity contribution is 5.91. The van der Waals surface area contributed by atoms with Gasteiger partial charge in [0.05, 0.1) is 18.0 Å². The molecule has 0 aromatic carbocycles. The summed E-state index contributed by atoms with van der Waals surface area (Å²) in [5.74, 6) is -0.792. The number of aliphatic carboxylic acids is 1. The van der Waals surface area contributed by atoms with E-state index in [4.69, 9.17) is 4.42 Å². The molecule has 1 aromatic rings. The molecular formula is C18H25N3O5. The summed E-state index contributed by atoms with van der Waals surface area (Å²) in [7, 11) is 5.06. The Kier molecular flexibility index (Phi) is 4.79. The minimum Gasteiger partial charge on any atom is -0.481 e. The molecule has 0 bridgehead atoms. The van der Waals surface area contributed by atoms with Crippen molar-refractivity contribution in [3.8, 4) is 0 Å². The van der Waals surface area contributed by atoms with Gasteiger partial charge in [-0.1, -0.05) is 0 Å². The summed E-state index contributed by atoms with van der Waals surface area (Å²) in [6, 6.07) is 3.47. The molecule has 26 heavy (non-hydrogen) atoms. The molecule has 1 N–H and O–H groups in total. The Bertz CT molecular complexity index is 718. The maximum atomic E-state index is 12.1. The van der Waals surface area contributed by atoms with Gasteiger partial charge in [0.15, 0.2) is 5.76 Å². The van der Waals surface area contributed by atoms with E-state index in [9.17, 15) is 19.5 Å². The van der Waals surface area contributed by atoms with Gasteiger partial charge in [0.25, 0.3) is 5.91 Å². The van der Waals surface area contributed by atoms with Gasteiger partial charge < -0.3 is 19.3 Å². The predicted molar refractivity (Wildman–Crippen MR) is 92.5 cm³/mol. The highest BCUT2D eigenvalue weighted by Gasteiger charge is 2.55. The zero-order valence-corrected chi connectivity index (χ0v) is 15.4. The summed E-state index contributed by atoms with van der Waals surface area (Å²) >= 11 is 0. The van der Waals surface area contributed by atoms with Crippen LogP contribution in [-0.2, 0) is 16.1 Å². The van der Waals surface area contributed by atoms with Gasteiger partial charge in [-0.05, 0) is 25.0 Å². The fraction of sp³-hybridized carbons (Fsp3) is 0.611. The molecule has 0 radical (unpaired) electrons. The first kappa shape index (κ1) is 18.4. The fourth-order valence-electron chi connectivity index (χ4n) is 4.10. The SMILES string of the molecule is CN(C)C(=O)c1ccc(CN2CCC3(CC2)[C@@H](C(=O)O)CC(=O)N3C)o1. The van der Waals surface area contributed by atoms with Crippen LogP contribution in [0, 0.1) is 5.92 Å². The minimum absolute atomic E-state index is 0.0834. The lowest BCUT2D eigenvalue weighted by Crippen LogP contribution is -2.55. The van der Waals surface area contributed by atoms with E-state index in [2.05, 4.69) is 4.90 Å². The highest BCUT2D eigenvalue weighted by Crippen LogP contribution is 2.43. The Hall–Kier alpha value is -2.35. The van der Waals surface area contributed by atoms with Crippen molar-refractivity contribution >= 4 is 17.8 Å². The number of carbonyl (C=O) groups is 3. The molecule has 0 unspecified atom stereocenters. The quantitative estimate of drug-likeness (QED) is 0.853. The Morgan fingerprint density at radius 3 is 2.54 bits per heavy atom. The first-order valence-corrected chi connectivity index (χ1v) is 8.77. The topological polar surface area (TPSA) is 94.3 Å². The summed E-state index contributed by atoms with van der Waals surface area (Å²) in [4.78, 5) is 40.9. The zero-order valence-electron chi connectivity index (χ0n) is 15.4. The maximum absolute atomic E-state index is 12.1. The molecule has 3 heterocycles. The standard InChI is InChI=1S/C18H25N3O5/c1-19(2)16(23)14-5-4-12(26-14)11-21-8-6-18(7-9-21)13(17(24)25)10-15(22)20(18)3/h4-5,13H,6-11H2,1-3H3,(H,24,25)/t13-/m1/s1. The number of carbonyl (C=O) groups excluding carboxylic acids is 2. The van der Waals surface area contributed by atoms with Gasteiger partial charge in [0, 0.05) is 40.7 Å². The third kappa shape index (κ3) is 3.09. The molecule has 2 aliphatic rings. The average molecular weight is 363 g/mol. The van der Waals surface area contributed by atoms with Gasteiger partial charge in [-0.15, -0.1) is 0 Å². The summed E-state index contributed by atoms with van der Waals surface area (Å²) in [5.41, 5.74) is -0.589. The molecule has 0 aliphatic carbocycles. The number of amides is 2. The van der Waals surface area contributed by atoms with E-state index >= 15 is 0 Å². The van der Waals surface area contributed by atoms with Crippen molar-refractivity contribution in [3.05, 3.63) is 23.7 Å². The lowest BCUT2D eigenvalue weighted by molar-refractivity contribution is -0.146. The zero-order chi connectivity index (χ0) is 19.1. The smallest absolute Gasteiger partial charge is 0.309 e. The van der Waals surface area contributed by atoms with Crippen LogP contribution >= 0.6 is 0 Å². The lowest BCUT2D eigenvalue weighted by Gasteiger charge is -2.45. The average Bonchev–Trinajstić information content (AvgIpc) is 3.15. The van der Waals surface area contributed by atoms with Gasteiger partial charge in [0.1, 0.15) is 5.76 Å². The number of hydrogen-bond acceptors (Lipinski definition) is 5. The number of furan rings is 1. The molecule has 2 fully saturated rings. The molecule has 2 amide bonds. The summed E-state index contributed by atoms with van der Waals surface area (Å²) in [6.07, 6.45) is 1.33. The largest absolute Gasteiger partial charge is 0.481 e. The van der Waals surface area contributed by atoms with Crippen LogP contribution in [0.25, 0.3) is 0 Å². The van der Waals surface area contributed by atoms with Crippen LogP contribution in [0.4, 0.5) is 0 Å². The molecule has 1 spiro atoms. The Labute approximate surface area is 152 Å². The van der Waals surface area contributed by atoms with Crippen LogP contribution in [0.5, 0.6) is 0 Å². The van der Waals surface area contributed by atoms with Crippen LogP contribution in [-0.4, -0.2) is 77.4 Å². The molecular weight excluding hydrogens is 338 g/mol. The maximum Gasteiger partial charge on any atom is 0.309 e. The third-order valence-corrected chi connectivity index (χ3v) is 5.75. The first-order valence-electron chi connectivity index (χ1n) is 8.77. The Morgan fingerprint density at radius 2 is 1.96 bits per heavy atom. The normalized spacial score (nSPS) is 22.8. The molecule has 1 aromatic heterocycles. The summed E-state index contributed by atoms with van der Waals surface area (Å²) < 4.78 is 5.63. The number of nitrogens with zero attached hydrogens (tertiary/aromatic N) is 3. The molecule has 0 saturated carbocycles. The van der Waals surface area contributed by atoms with E-state index in [1.165, 1.54) is 4.90 Å². The second-order valence-electron chi connectivity index (χ2n) is 7.39. The highest BCUT2D eigenvalue weighted by atomic mass is 16.4. The summed E-state index contributed by atoms with van der Waals surface area (Å²) in [5, 5.41) is 9.52. The van der Waals surface area contributed by atoms with Gasteiger partial charge in [-0.3, -0.25) is 19.3 Å². The first-order chi connectivity index (χ1) is 12.2. The van der Waals surface area contributed by atoms with Gasteiger partial charge in [-0.25, -0.2) is 0 Å². The number of likely N-dealkylation sites (tertiary alicyclic amines) is 2. The molecule has 8 nitrogen and oxygen atoms in total. The predicted octanol–water partition coefficient (Wildman–Crippen LogP) is 0.879. The lowest BCUT2D eigenvalue weighted by atomic mass is 9.77. The second kappa shape index (κ2) is 6.75. The van der Waals surface area contributed by atoms with Gasteiger partial charge in [0.2, 0.25) is 5.91 Å². The number of piperidine rings is 1. The Morgan fingerprint density at radius 1 is 1.31 bits per heavy atom. The van der Waals surface area contributed by atoms with Crippen molar-refractivity contribution in [1.29, 1.82) is 0 Å². The number of hydrogen-bond donors (Lipinski definition) is 1. The monoisotopic (exact) mass is 363 g/mol. The van der Waals surface area contributed by atoms with Crippen molar-refractivity contribution < 1.29 is 23.9 Å². The van der Waals surface area contributed by atoms with E-state index in [0.29, 0.717) is 44.0 Å². The van der Waals surface area contributed by atoms with E-state index in [-0.39, 0.29) is 18.2 Å². The molecule has 8 heteroatoms. The molecule has 142 valence electrons. The third-order valence-electron chi connectivity index (χ3n) is 5.75. The van der Waals surface area contributed by atoms with Crippen LogP contribution < -0.4 is 0 Å². The number of carboxylic acid groups (broad SMARTS) is 1. The van der Waals surface area contributed by atoms with Crippen LogP contribution in [0.1, 0.15) is 35.6 Å². The molecule has 2 saturated heterocycles. The van der Waals surface area contributed by atoms with Crippen molar-refractivity contribution in [1.82, 2.24) is 14.7 Å². The van der Waals surface area contributed by atoms with E-state index in [1.54, 1.807) is 38.2 Å². The van der Waals surface area contributed by atoms with E-state index < -0.39 is 17.4 Å². The van der Waals surface area contributed by atoms with Crippen molar-refractivity contribution in [3.63, 3.8) is 0 Å². The van der Waals surface area contributed by atoms with Gasteiger partial charge in [-0.2, -0.15) is 0 Å². The van der Waals surface area contributed by atoms with E-state index in [0.717, 1.165) is 0 Å². The van der Waals surface area contributed by atoms with E-state index in [1.807, 2.05) is 0 Å². The minimum atomic E-state index is -0.894. The molecule has 1 atom stereocenters. The van der Waals surface area contributed by atoms with Gasteiger partial charge >= 0.3 is 5.97 Å². The van der Waals surface area contributed by atoms with Crippen LogP contribution in [0.15, 0.2) is 16.5 Å². The molecule has 3 rings (SSSR count). The molecule has 2 aliphatic heterocycles.